The van der Waals surface area contributed by atoms with E-state index in [1.165, 1.54) is 32.1 Å². The minimum atomic E-state index is -0.299. The van der Waals surface area contributed by atoms with Gasteiger partial charge in [0.2, 0.25) is 0 Å². The average molecular weight is 547 g/mol. The summed E-state index contributed by atoms with van der Waals surface area (Å²) in [6, 6.07) is 0. The zero-order valence-corrected chi connectivity index (χ0v) is 29.0. The van der Waals surface area contributed by atoms with Gasteiger partial charge < -0.3 is 4.74 Å². The van der Waals surface area contributed by atoms with Crippen LogP contribution in [0.3, 0.4) is 0 Å². The van der Waals surface area contributed by atoms with Crippen LogP contribution in [0.2, 0.25) is 0 Å². The molecule has 0 aromatic heterocycles. The number of carbonyl (C=O) groups excluding carboxylic acids is 1. The van der Waals surface area contributed by atoms with Gasteiger partial charge in [0.05, 0.1) is 5.41 Å². The first-order valence-electron chi connectivity index (χ1n) is 16.9. The highest BCUT2D eigenvalue weighted by atomic mass is 16.5. The van der Waals surface area contributed by atoms with Crippen LogP contribution in [-0.4, -0.2) is 12.1 Å². The van der Waals surface area contributed by atoms with Crippen LogP contribution in [0.25, 0.3) is 0 Å². The van der Waals surface area contributed by atoms with Crippen LogP contribution in [0.1, 0.15) is 155 Å². The van der Waals surface area contributed by atoms with Crippen LogP contribution in [-0.2, 0) is 9.53 Å². The highest BCUT2D eigenvalue weighted by Gasteiger charge is 2.38. The first-order valence-corrected chi connectivity index (χ1v) is 16.9. The van der Waals surface area contributed by atoms with Crippen molar-refractivity contribution < 1.29 is 9.53 Å². The van der Waals surface area contributed by atoms with Gasteiger partial charge in [-0.15, -0.1) is 0 Å². The lowest BCUT2D eigenvalue weighted by atomic mass is 9.73. The van der Waals surface area contributed by atoms with Crippen LogP contribution < -0.4 is 0 Å². The highest BCUT2D eigenvalue weighted by molar-refractivity contribution is 5.76. The summed E-state index contributed by atoms with van der Waals surface area (Å²) in [4.78, 5) is 12.3. The molecule has 0 amide bonds. The van der Waals surface area contributed by atoms with Crippen LogP contribution in [0.5, 0.6) is 0 Å². The molecule has 1 fully saturated rings. The molecule has 2 aliphatic carbocycles. The molecule has 3 unspecified atom stereocenters. The topological polar surface area (TPSA) is 26.3 Å². The second kappa shape index (κ2) is 19.1. The number of rotatable bonds is 11. The molecule has 230 valence electrons. The number of carbonyl (C=O) groups is 1. The van der Waals surface area contributed by atoms with Gasteiger partial charge in [-0.1, -0.05) is 121 Å². The van der Waals surface area contributed by atoms with Gasteiger partial charge in [0.15, 0.2) is 0 Å². The Morgan fingerprint density at radius 1 is 0.949 bits per heavy atom. The maximum atomic E-state index is 12.3. The van der Waals surface area contributed by atoms with Crippen molar-refractivity contribution in [3.63, 3.8) is 0 Å². The molecule has 2 nitrogen and oxygen atoms in total. The van der Waals surface area contributed by atoms with Crippen molar-refractivity contribution in [3.8, 4) is 0 Å². The van der Waals surface area contributed by atoms with E-state index in [2.05, 4.69) is 95.2 Å². The molecule has 3 atom stereocenters. The predicted molar refractivity (Wildman–Crippen MR) is 174 cm³/mol. The van der Waals surface area contributed by atoms with E-state index in [1.54, 1.807) is 11.1 Å². The Kier molecular flexibility index (Phi) is 18.6. The molecule has 0 N–H and O–H groups in total. The Hall–Kier alpha value is -1.05. The summed E-state index contributed by atoms with van der Waals surface area (Å²) in [5, 5.41) is 0. The molecule has 0 spiro atoms. The Labute approximate surface area is 246 Å². The van der Waals surface area contributed by atoms with Crippen LogP contribution in [0.4, 0.5) is 0 Å². The van der Waals surface area contributed by atoms with E-state index in [1.807, 2.05) is 13.8 Å². The maximum absolute atomic E-state index is 12.3. The highest BCUT2D eigenvalue weighted by Crippen LogP contribution is 2.38. The first-order chi connectivity index (χ1) is 18.2. The summed E-state index contributed by atoms with van der Waals surface area (Å²) >= 11 is 0. The Morgan fingerprint density at radius 2 is 1.51 bits per heavy atom. The average Bonchev–Trinajstić information content (AvgIpc) is 2.88. The smallest absolute Gasteiger partial charge is 0.312 e. The van der Waals surface area contributed by atoms with Gasteiger partial charge in [-0.2, -0.15) is 0 Å². The summed E-state index contributed by atoms with van der Waals surface area (Å²) in [5.74, 6) is 4.79. The molecular weight excluding hydrogens is 476 g/mol. The minimum Gasteiger partial charge on any atom is -0.462 e. The third kappa shape index (κ3) is 13.0. The molecule has 1 saturated carbocycles. The van der Waals surface area contributed by atoms with E-state index in [0.29, 0.717) is 11.8 Å². The van der Waals surface area contributed by atoms with Crippen molar-refractivity contribution >= 4 is 5.97 Å². The van der Waals surface area contributed by atoms with Gasteiger partial charge in [-0.3, -0.25) is 4.79 Å². The Morgan fingerprint density at radius 3 is 1.92 bits per heavy atom. The molecule has 0 saturated heterocycles. The summed E-state index contributed by atoms with van der Waals surface area (Å²) in [6.45, 7) is 31.3. The Bertz CT molecular complexity index is 718. The van der Waals surface area contributed by atoms with Crippen LogP contribution >= 0.6 is 0 Å². The third-order valence-corrected chi connectivity index (χ3v) is 9.12. The van der Waals surface area contributed by atoms with Gasteiger partial charge in [-0.25, -0.2) is 0 Å². The van der Waals surface area contributed by atoms with Gasteiger partial charge in [0.25, 0.3) is 0 Å². The zero-order chi connectivity index (χ0) is 30.3. The number of esters is 1. The molecule has 2 aliphatic rings. The lowest BCUT2D eigenvalue weighted by Crippen LogP contribution is -2.37. The van der Waals surface area contributed by atoms with E-state index >= 15 is 0 Å². The fourth-order valence-corrected chi connectivity index (χ4v) is 5.88. The van der Waals surface area contributed by atoms with Gasteiger partial charge >= 0.3 is 5.97 Å². The number of hydrogen-bond acceptors (Lipinski definition) is 2. The van der Waals surface area contributed by atoms with Gasteiger partial charge in [0, 0.05) is 0 Å². The molecule has 0 radical (unpaired) electrons. The molecule has 0 heterocycles. The van der Waals surface area contributed by atoms with Crippen molar-refractivity contribution in [3.05, 3.63) is 23.3 Å². The van der Waals surface area contributed by atoms with Crippen molar-refractivity contribution in [2.45, 2.75) is 161 Å². The first kappa shape index (κ1) is 38.0. The fraction of sp³-hybridized carbons (Fsp3) is 0.865. The minimum absolute atomic E-state index is 0.0289. The van der Waals surface area contributed by atoms with E-state index in [9.17, 15) is 4.79 Å². The maximum Gasteiger partial charge on any atom is 0.312 e. The van der Waals surface area contributed by atoms with Crippen molar-refractivity contribution in [2.24, 2.45) is 46.8 Å². The van der Waals surface area contributed by atoms with Crippen LogP contribution in [0, 0.1) is 46.8 Å². The van der Waals surface area contributed by atoms with E-state index in [-0.39, 0.29) is 17.5 Å². The van der Waals surface area contributed by atoms with Crippen molar-refractivity contribution in [1.82, 2.24) is 0 Å². The molecule has 39 heavy (non-hydrogen) atoms. The number of allylic oxidation sites excluding steroid dienone is 4. The molecule has 2 heteroatoms. The van der Waals surface area contributed by atoms with Gasteiger partial charge in [0.1, 0.15) is 6.10 Å². The second-order valence-electron chi connectivity index (χ2n) is 14.1. The fourth-order valence-electron chi connectivity index (χ4n) is 5.88. The van der Waals surface area contributed by atoms with E-state index in [0.717, 1.165) is 55.3 Å². The third-order valence-electron chi connectivity index (χ3n) is 9.12. The quantitative estimate of drug-likeness (QED) is 0.241. The standard InChI is InChI=1S/C20H36.C15H28O2.C2H6/c1-13(2)9-20(16(7)8)19-11-17(14(3)4)10-18(12-19)15(5)6;1-5-11-15(4,12(2)3)14(16)17-13-9-7-6-8-10-13;1-2/h11-17,20H,9-10H2,1-8H3;12-13H,5-11H2,1-4H3;1-2H3. The molecule has 0 aromatic carbocycles. The van der Waals surface area contributed by atoms with Crippen LogP contribution in [0.15, 0.2) is 23.3 Å². The largest absolute Gasteiger partial charge is 0.462 e. The zero-order valence-electron chi connectivity index (χ0n) is 29.0. The molecule has 0 aliphatic heterocycles. The van der Waals surface area contributed by atoms with E-state index in [4.69, 9.17) is 4.74 Å². The normalized spacial score (nSPS) is 20.5. The predicted octanol–water partition coefficient (Wildman–Crippen LogP) is 11.8. The summed E-state index contributed by atoms with van der Waals surface area (Å²) in [7, 11) is 0. The molecule has 0 bridgehead atoms. The molecule has 2 rings (SSSR count). The number of ether oxygens (including phenoxy) is 1. The van der Waals surface area contributed by atoms with Crippen molar-refractivity contribution in [2.75, 3.05) is 0 Å². The molecule has 0 aromatic rings. The summed E-state index contributed by atoms with van der Waals surface area (Å²) in [5.41, 5.74) is 2.99. The Balaban J connectivity index is 0.000000704. The molecular formula is C37H70O2. The number of hydrogen-bond donors (Lipinski definition) is 0. The SMILES string of the molecule is CC.CC(C)CC(C1=CC(C(C)C)CC(C(C)C)=C1)C(C)C.CCCC(C)(C(=O)OC1CCCCC1)C(C)C. The lowest BCUT2D eigenvalue weighted by molar-refractivity contribution is -0.165. The lowest BCUT2D eigenvalue weighted by Gasteiger charge is -2.33. The van der Waals surface area contributed by atoms with E-state index < -0.39 is 0 Å². The second-order valence-corrected chi connectivity index (χ2v) is 14.1. The summed E-state index contributed by atoms with van der Waals surface area (Å²) < 4.78 is 5.73. The summed E-state index contributed by atoms with van der Waals surface area (Å²) in [6.07, 6.45) is 15.7. The van der Waals surface area contributed by atoms with Gasteiger partial charge in [-0.05, 0) is 98.9 Å². The monoisotopic (exact) mass is 547 g/mol. The van der Waals surface area contributed by atoms with Crippen molar-refractivity contribution in [1.29, 1.82) is 0 Å².